The van der Waals surface area contributed by atoms with Crippen LogP contribution in [-0.2, 0) is 11.3 Å². The van der Waals surface area contributed by atoms with Gasteiger partial charge in [-0.2, -0.15) is 4.98 Å². The number of amides is 2. The van der Waals surface area contributed by atoms with Gasteiger partial charge in [0, 0.05) is 17.6 Å². The number of aromatic nitrogens is 3. The maximum Gasteiger partial charge on any atom is 0.272 e. The highest BCUT2D eigenvalue weighted by Crippen LogP contribution is 2.36. The number of hydrogen-bond acceptors (Lipinski definition) is 6. The molecule has 4 aromatic rings. The first-order valence-electron chi connectivity index (χ1n) is 12.3. The molecule has 222 valence electrons. The first-order valence-corrected chi connectivity index (χ1v) is 13.5. The molecule has 2 aromatic heterocycles. The van der Waals surface area contributed by atoms with E-state index in [-0.39, 0.29) is 61.6 Å². The SMILES string of the molecule is CC(C)(C)C(=O)NCc1ccc(Cl)c(Nc2nc3cc(C(=O)Nc4ccc(F)c(Cl)c4)c(OCC(F)F)nc3[nH]2)c1Cl. The highest BCUT2D eigenvalue weighted by Gasteiger charge is 2.23. The fraction of sp³-hybridized carbons (Fsp3) is 0.259. The molecule has 15 heteroatoms. The number of anilines is 3. The van der Waals surface area contributed by atoms with Crippen LogP contribution in [0, 0.1) is 11.2 Å². The summed E-state index contributed by atoms with van der Waals surface area (Å²) in [5, 5.41) is 8.53. The molecule has 0 fully saturated rings. The molecule has 2 heterocycles. The van der Waals surface area contributed by atoms with Gasteiger partial charge in [-0.05, 0) is 35.9 Å². The van der Waals surface area contributed by atoms with E-state index in [1.807, 2.05) is 0 Å². The predicted molar refractivity (Wildman–Crippen MR) is 156 cm³/mol. The normalized spacial score (nSPS) is 11.6. The fourth-order valence-electron chi connectivity index (χ4n) is 3.58. The van der Waals surface area contributed by atoms with E-state index in [4.69, 9.17) is 39.5 Å². The van der Waals surface area contributed by atoms with Gasteiger partial charge in [0.05, 0.1) is 20.8 Å². The number of aromatic amines is 1. The van der Waals surface area contributed by atoms with Gasteiger partial charge in [0.15, 0.2) is 12.3 Å². The number of ether oxygens (including phenoxy) is 1. The number of H-pyrrole nitrogens is 1. The molecule has 0 radical (unpaired) electrons. The number of pyridine rings is 1. The van der Waals surface area contributed by atoms with Gasteiger partial charge in [-0.1, -0.05) is 61.6 Å². The molecule has 0 bridgehead atoms. The molecular formula is C27H24Cl3F3N6O3. The Morgan fingerprint density at radius 1 is 1.05 bits per heavy atom. The lowest BCUT2D eigenvalue weighted by Gasteiger charge is -2.18. The van der Waals surface area contributed by atoms with E-state index in [1.165, 1.54) is 18.2 Å². The van der Waals surface area contributed by atoms with Crippen molar-refractivity contribution in [1.82, 2.24) is 20.3 Å². The van der Waals surface area contributed by atoms with Crippen LogP contribution in [0.5, 0.6) is 5.88 Å². The summed E-state index contributed by atoms with van der Waals surface area (Å²) in [6.45, 7) is 4.47. The largest absolute Gasteiger partial charge is 0.471 e. The smallest absolute Gasteiger partial charge is 0.272 e. The standard InChI is InChI=1S/C27H24Cl3F3N6O3/c1-27(2,3)25(41)34-10-12-4-6-15(28)21(20(12)30)37-26-36-18-9-14(24(38-22(18)39-26)42-11-19(32)33)23(40)35-13-5-7-17(31)16(29)8-13/h4-9,19H,10-11H2,1-3H3,(H,34,41)(H,35,40)(H2,36,37,38,39). The summed E-state index contributed by atoms with van der Waals surface area (Å²) in [6, 6.07) is 8.07. The Kier molecular flexibility index (Phi) is 9.39. The maximum absolute atomic E-state index is 13.5. The lowest BCUT2D eigenvalue weighted by Crippen LogP contribution is -2.34. The molecule has 0 atom stereocenters. The van der Waals surface area contributed by atoms with Gasteiger partial charge >= 0.3 is 0 Å². The van der Waals surface area contributed by atoms with Crippen molar-refractivity contribution in [3.63, 3.8) is 0 Å². The van der Waals surface area contributed by atoms with Gasteiger partial charge in [-0.3, -0.25) is 9.59 Å². The number of carbonyl (C=O) groups is 2. The number of nitrogens with one attached hydrogen (secondary N) is 4. The molecule has 0 aliphatic carbocycles. The number of imidazole rings is 1. The van der Waals surface area contributed by atoms with Crippen LogP contribution in [0.4, 0.5) is 30.5 Å². The number of alkyl halides is 2. The molecule has 2 amide bonds. The van der Waals surface area contributed by atoms with Crippen molar-refractivity contribution in [1.29, 1.82) is 0 Å². The van der Waals surface area contributed by atoms with E-state index in [1.54, 1.807) is 32.9 Å². The first-order chi connectivity index (χ1) is 19.7. The molecule has 0 saturated carbocycles. The summed E-state index contributed by atoms with van der Waals surface area (Å²) in [7, 11) is 0. The number of fused-ring (bicyclic) bond motifs is 1. The lowest BCUT2D eigenvalue weighted by atomic mass is 9.95. The topological polar surface area (TPSA) is 121 Å². The van der Waals surface area contributed by atoms with Crippen LogP contribution in [0.2, 0.25) is 15.1 Å². The second-order valence-corrected chi connectivity index (χ2v) is 11.2. The summed E-state index contributed by atoms with van der Waals surface area (Å²) in [4.78, 5) is 36.7. The average molecular weight is 644 g/mol. The zero-order valence-electron chi connectivity index (χ0n) is 22.3. The zero-order chi connectivity index (χ0) is 30.8. The van der Waals surface area contributed by atoms with Crippen molar-refractivity contribution in [2.45, 2.75) is 33.7 Å². The van der Waals surface area contributed by atoms with Crippen LogP contribution >= 0.6 is 34.8 Å². The number of rotatable bonds is 9. The van der Waals surface area contributed by atoms with E-state index in [0.717, 1.165) is 6.07 Å². The molecule has 42 heavy (non-hydrogen) atoms. The Balaban J connectivity index is 1.64. The molecule has 0 aliphatic heterocycles. The summed E-state index contributed by atoms with van der Waals surface area (Å²) < 4.78 is 44.5. The second-order valence-electron chi connectivity index (χ2n) is 10.0. The number of carbonyl (C=O) groups excluding carboxylic acids is 2. The van der Waals surface area contributed by atoms with Crippen molar-refractivity contribution in [3.8, 4) is 5.88 Å². The van der Waals surface area contributed by atoms with Crippen molar-refractivity contribution in [2.24, 2.45) is 5.41 Å². The molecule has 4 rings (SSSR count). The lowest BCUT2D eigenvalue weighted by molar-refractivity contribution is -0.128. The Labute approximate surface area is 253 Å². The number of halogens is 6. The summed E-state index contributed by atoms with van der Waals surface area (Å²) in [6.07, 6.45) is -2.84. The quantitative estimate of drug-likeness (QED) is 0.151. The zero-order valence-corrected chi connectivity index (χ0v) is 24.6. The van der Waals surface area contributed by atoms with Gasteiger partial charge in [-0.25, -0.2) is 18.2 Å². The number of nitrogens with zero attached hydrogens (tertiary/aromatic N) is 2. The fourth-order valence-corrected chi connectivity index (χ4v) is 4.29. The van der Waals surface area contributed by atoms with Crippen LogP contribution in [-0.4, -0.2) is 39.8 Å². The number of benzene rings is 2. The highest BCUT2D eigenvalue weighted by atomic mass is 35.5. The van der Waals surface area contributed by atoms with E-state index >= 15 is 0 Å². The summed E-state index contributed by atoms with van der Waals surface area (Å²) in [5.74, 6) is -1.92. The highest BCUT2D eigenvalue weighted by molar-refractivity contribution is 6.39. The molecule has 2 aromatic carbocycles. The van der Waals surface area contributed by atoms with Crippen LogP contribution < -0.4 is 20.7 Å². The molecule has 0 aliphatic rings. The third-order valence-corrected chi connectivity index (χ3v) is 6.78. The van der Waals surface area contributed by atoms with Gasteiger partial charge in [0.2, 0.25) is 17.7 Å². The maximum atomic E-state index is 13.5. The third kappa shape index (κ3) is 7.36. The first kappa shape index (κ1) is 31.2. The van der Waals surface area contributed by atoms with E-state index in [2.05, 4.69) is 30.9 Å². The summed E-state index contributed by atoms with van der Waals surface area (Å²) >= 11 is 18.7. The predicted octanol–water partition coefficient (Wildman–Crippen LogP) is 7.36. The monoisotopic (exact) mass is 642 g/mol. The Morgan fingerprint density at radius 2 is 1.79 bits per heavy atom. The van der Waals surface area contributed by atoms with Crippen molar-refractivity contribution >= 4 is 75.1 Å². The van der Waals surface area contributed by atoms with Gasteiger partial charge in [0.25, 0.3) is 12.3 Å². The van der Waals surface area contributed by atoms with Crippen LogP contribution in [0.1, 0.15) is 36.7 Å². The van der Waals surface area contributed by atoms with Gasteiger partial charge < -0.3 is 25.7 Å². The van der Waals surface area contributed by atoms with Crippen molar-refractivity contribution in [2.75, 3.05) is 17.2 Å². The summed E-state index contributed by atoms with van der Waals surface area (Å²) in [5.41, 5.74) is 0.473. The number of hydrogen-bond donors (Lipinski definition) is 4. The second kappa shape index (κ2) is 12.6. The van der Waals surface area contributed by atoms with E-state index in [9.17, 15) is 22.8 Å². The molecule has 4 N–H and O–H groups in total. The minimum atomic E-state index is -2.84. The average Bonchev–Trinajstić information content (AvgIpc) is 3.31. The molecular weight excluding hydrogens is 620 g/mol. The van der Waals surface area contributed by atoms with E-state index < -0.39 is 36.1 Å². The Morgan fingerprint density at radius 3 is 2.45 bits per heavy atom. The van der Waals surface area contributed by atoms with Crippen molar-refractivity contribution in [3.05, 3.63) is 68.4 Å². The molecule has 0 saturated heterocycles. The van der Waals surface area contributed by atoms with Crippen LogP contribution in [0.3, 0.4) is 0 Å². The van der Waals surface area contributed by atoms with Gasteiger partial charge in [-0.15, -0.1) is 0 Å². The molecule has 9 nitrogen and oxygen atoms in total. The van der Waals surface area contributed by atoms with Crippen molar-refractivity contribution < 1.29 is 27.5 Å². The minimum Gasteiger partial charge on any atom is -0.471 e. The van der Waals surface area contributed by atoms with Gasteiger partial charge in [0.1, 0.15) is 16.9 Å². The Hall–Kier alpha value is -3.74. The molecule has 0 unspecified atom stereocenters. The minimum absolute atomic E-state index is 0.101. The van der Waals surface area contributed by atoms with E-state index in [0.29, 0.717) is 5.56 Å². The van der Waals surface area contributed by atoms with Crippen LogP contribution in [0.25, 0.3) is 11.2 Å². The Bertz CT molecular complexity index is 1660. The third-order valence-electron chi connectivity index (χ3n) is 5.74. The van der Waals surface area contributed by atoms with Crippen LogP contribution in [0.15, 0.2) is 36.4 Å². The molecule has 0 spiro atoms.